The Labute approximate surface area is 231 Å². The highest BCUT2D eigenvalue weighted by Crippen LogP contribution is 2.39. The van der Waals surface area contributed by atoms with E-state index in [-0.39, 0.29) is 30.2 Å². The van der Waals surface area contributed by atoms with Crippen molar-refractivity contribution in [2.75, 3.05) is 44.6 Å². The lowest BCUT2D eigenvalue weighted by atomic mass is 10.1. The van der Waals surface area contributed by atoms with Gasteiger partial charge in [0.15, 0.2) is 12.4 Å². The molecule has 0 aliphatic carbocycles. The summed E-state index contributed by atoms with van der Waals surface area (Å²) in [7, 11) is 0. The SMILES string of the molecule is CCCC[C@@H](C)N(CCNCCc1ccc(O)c2c1OCC(=O)N2)C(=O)CCNCCc1ccc(Cl)cc1. The van der Waals surface area contributed by atoms with Crippen molar-refractivity contribution in [2.24, 2.45) is 0 Å². The topological polar surface area (TPSA) is 103 Å². The predicted molar refractivity (Wildman–Crippen MR) is 152 cm³/mol. The van der Waals surface area contributed by atoms with Gasteiger partial charge in [-0.3, -0.25) is 9.59 Å². The van der Waals surface area contributed by atoms with Crippen molar-refractivity contribution in [3.63, 3.8) is 0 Å². The van der Waals surface area contributed by atoms with Crippen LogP contribution in [0.1, 0.15) is 50.7 Å². The fraction of sp³-hybridized carbons (Fsp3) is 0.517. The third kappa shape index (κ3) is 9.19. The van der Waals surface area contributed by atoms with Crippen molar-refractivity contribution in [2.45, 2.75) is 58.4 Å². The number of phenolic OH excluding ortho intramolecular Hbond substituents is 1. The van der Waals surface area contributed by atoms with Crippen molar-refractivity contribution in [3.05, 3.63) is 52.5 Å². The van der Waals surface area contributed by atoms with E-state index in [9.17, 15) is 14.7 Å². The number of hydrogen-bond acceptors (Lipinski definition) is 6. The Kier molecular flexibility index (Phi) is 12.2. The summed E-state index contributed by atoms with van der Waals surface area (Å²) in [6.07, 6.45) is 5.24. The Morgan fingerprint density at radius 2 is 1.84 bits per heavy atom. The molecule has 2 aromatic rings. The molecule has 0 radical (unpaired) electrons. The Bertz CT molecular complexity index is 1050. The van der Waals surface area contributed by atoms with E-state index in [4.69, 9.17) is 16.3 Å². The molecular formula is C29H41ClN4O4. The number of hydrogen-bond donors (Lipinski definition) is 4. The number of ether oxygens (including phenoxy) is 1. The number of nitrogens with one attached hydrogen (secondary N) is 3. The molecule has 0 unspecified atom stereocenters. The van der Waals surface area contributed by atoms with Gasteiger partial charge in [-0.25, -0.2) is 0 Å². The number of halogens is 1. The summed E-state index contributed by atoms with van der Waals surface area (Å²) in [6, 6.07) is 11.4. The van der Waals surface area contributed by atoms with Gasteiger partial charge >= 0.3 is 0 Å². The highest BCUT2D eigenvalue weighted by molar-refractivity contribution is 6.30. The van der Waals surface area contributed by atoms with Gasteiger partial charge in [0.2, 0.25) is 5.91 Å². The number of unbranched alkanes of at least 4 members (excludes halogenated alkanes) is 1. The van der Waals surface area contributed by atoms with Crippen LogP contribution in [-0.4, -0.2) is 67.2 Å². The molecule has 1 atom stereocenters. The van der Waals surface area contributed by atoms with Gasteiger partial charge in [-0.05, 0) is 68.6 Å². The van der Waals surface area contributed by atoms with Gasteiger partial charge in [-0.1, -0.05) is 49.6 Å². The minimum absolute atomic E-state index is 0.000510. The first-order valence-corrected chi connectivity index (χ1v) is 14.0. The predicted octanol–water partition coefficient (Wildman–Crippen LogP) is 4.14. The maximum atomic E-state index is 13.1. The molecule has 2 aromatic carbocycles. The molecule has 0 saturated carbocycles. The van der Waals surface area contributed by atoms with Crippen LogP contribution in [0.15, 0.2) is 36.4 Å². The lowest BCUT2D eigenvalue weighted by Crippen LogP contribution is -2.43. The molecule has 1 aliphatic rings. The molecule has 0 spiro atoms. The molecule has 0 saturated heterocycles. The maximum absolute atomic E-state index is 13.1. The van der Waals surface area contributed by atoms with Crippen LogP contribution in [0, 0.1) is 0 Å². The average molecular weight is 545 g/mol. The first kappa shape index (κ1) is 29.7. The molecule has 0 bridgehead atoms. The third-order valence-electron chi connectivity index (χ3n) is 6.78. The number of carbonyl (C=O) groups excluding carboxylic acids is 2. The monoisotopic (exact) mass is 544 g/mol. The summed E-state index contributed by atoms with van der Waals surface area (Å²) in [5, 5.41) is 20.3. The lowest BCUT2D eigenvalue weighted by Gasteiger charge is -2.30. The quantitative estimate of drug-likeness (QED) is 0.187. The van der Waals surface area contributed by atoms with E-state index in [1.165, 1.54) is 5.56 Å². The minimum Gasteiger partial charge on any atom is -0.506 e. The van der Waals surface area contributed by atoms with E-state index in [1.54, 1.807) is 6.07 Å². The second-order valence-electron chi connectivity index (χ2n) is 9.74. The Balaban J connectivity index is 1.42. The summed E-state index contributed by atoms with van der Waals surface area (Å²) in [4.78, 5) is 26.7. The van der Waals surface area contributed by atoms with Crippen LogP contribution in [0.2, 0.25) is 5.02 Å². The van der Waals surface area contributed by atoms with Crippen molar-refractivity contribution < 1.29 is 19.4 Å². The first-order chi connectivity index (χ1) is 18.4. The molecule has 3 rings (SSSR count). The van der Waals surface area contributed by atoms with Crippen LogP contribution in [-0.2, 0) is 22.4 Å². The zero-order valence-corrected chi connectivity index (χ0v) is 23.3. The molecule has 9 heteroatoms. The number of aromatic hydroxyl groups is 1. The fourth-order valence-corrected chi connectivity index (χ4v) is 4.68. The summed E-state index contributed by atoms with van der Waals surface area (Å²) in [5.41, 5.74) is 2.47. The number of carbonyl (C=O) groups is 2. The van der Waals surface area contributed by atoms with Crippen LogP contribution >= 0.6 is 11.6 Å². The number of phenols is 1. The Morgan fingerprint density at radius 1 is 1.11 bits per heavy atom. The Hall–Kier alpha value is -2.81. The van der Waals surface area contributed by atoms with E-state index in [0.29, 0.717) is 50.5 Å². The van der Waals surface area contributed by atoms with Crippen LogP contribution in [0.3, 0.4) is 0 Å². The second-order valence-corrected chi connectivity index (χ2v) is 10.2. The number of amides is 2. The largest absolute Gasteiger partial charge is 0.506 e. The van der Waals surface area contributed by atoms with Crippen molar-refractivity contribution in [1.82, 2.24) is 15.5 Å². The number of fused-ring (bicyclic) bond motifs is 1. The molecular weight excluding hydrogens is 504 g/mol. The van der Waals surface area contributed by atoms with E-state index < -0.39 is 0 Å². The third-order valence-corrected chi connectivity index (χ3v) is 7.03. The highest BCUT2D eigenvalue weighted by Gasteiger charge is 2.22. The van der Waals surface area contributed by atoms with Crippen LogP contribution < -0.4 is 20.7 Å². The van der Waals surface area contributed by atoms with Gasteiger partial charge in [-0.15, -0.1) is 0 Å². The number of rotatable bonds is 16. The summed E-state index contributed by atoms with van der Waals surface area (Å²) in [5.74, 6) is 0.423. The van der Waals surface area contributed by atoms with Crippen molar-refractivity contribution >= 4 is 29.1 Å². The normalized spacial score (nSPS) is 13.4. The van der Waals surface area contributed by atoms with Gasteiger partial charge in [0.05, 0.1) is 0 Å². The first-order valence-electron chi connectivity index (χ1n) is 13.6. The molecule has 1 aliphatic heterocycles. The molecule has 8 nitrogen and oxygen atoms in total. The zero-order valence-electron chi connectivity index (χ0n) is 22.5. The minimum atomic E-state index is -0.276. The summed E-state index contributed by atoms with van der Waals surface area (Å²) < 4.78 is 5.56. The van der Waals surface area contributed by atoms with Crippen molar-refractivity contribution in [1.29, 1.82) is 0 Å². The highest BCUT2D eigenvalue weighted by atomic mass is 35.5. The molecule has 2 amide bonds. The van der Waals surface area contributed by atoms with Crippen molar-refractivity contribution in [3.8, 4) is 11.5 Å². The summed E-state index contributed by atoms with van der Waals surface area (Å²) in [6.45, 7) is 7.73. The Morgan fingerprint density at radius 3 is 2.61 bits per heavy atom. The molecule has 1 heterocycles. The van der Waals surface area contributed by atoms with Gasteiger partial charge in [0.1, 0.15) is 11.4 Å². The second kappa shape index (κ2) is 15.6. The van der Waals surface area contributed by atoms with E-state index in [0.717, 1.165) is 42.8 Å². The van der Waals surface area contributed by atoms with Crippen LogP contribution in [0.25, 0.3) is 0 Å². The van der Waals surface area contributed by atoms with E-state index in [2.05, 4.69) is 29.8 Å². The molecule has 0 fully saturated rings. The van der Waals surface area contributed by atoms with Gasteiger partial charge in [-0.2, -0.15) is 0 Å². The molecule has 0 aromatic heterocycles. The zero-order chi connectivity index (χ0) is 27.3. The average Bonchev–Trinajstić information content (AvgIpc) is 2.91. The number of benzene rings is 2. The van der Waals surface area contributed by atoms with E-state index >= 15 is 0 Å². The fourth-order valence-electron chi connectivity index (χ4n) is 4.55. The molecule has 38 heavy (non-hydrogen) atoms. The molecule has 4 N–H and O–H groups in total. The van der Waals surface area contributed by atoms with Gasteiger partial charge in [0, 0.05) is 37.1 Å². The molecule has 208 valence electrons. The van der Waals surface area contributed by atoms with E-state index in [1.807, 2.05) is 35.2 Å². The summed E-state index contributed by atoms with van der Waals surface area (Å²) >= 11 is 5.95. The lowest BCUT2D eigenvalue weighted by molar-refractivity contribution is -0.133. The smallest absolute Gasteiger partial charge is 0.262 e. The standard InChI is InChI=1S/C29H41ClN4O4/c1-3-4-5-21(2)34(27(37)14-17-31-15-12-22-6-9-24(30)10-7-22)19-18-32-16-13-23-8-11-25(35)28-29(23)38-20-26(36)33-28/h6-11,21,31-32,35H,3-5,12-20H2,1-2H3,(H,33,36)/t21-/m1/s1. The van der Waals surface area contributed by atoms with Gasteiger partial charge in [0.25, 0.3) is 5.91 Å². The van der Waals surface area contributed by atoms with Crippen LogP contribution in [0.4, 0.5) is 5.69 Å². The number of nitrogens with zero attached hydrogens (tertiary/aromatic N) is 1. The maximum Gasteiger partial charge on any atom is 0.262 e. The van der Waals surface area contributed by atoms with Gasteiger partial charge < -0.3 is 30.7 Å². The van der Waals surface area contributed by atoms with Crippen LogP contribution in [0.5, 0.6) is 11.5 Å². The number of anilines is 1.